The summed E-state index contributed by atoms with van der Waals surface area (Å²) in [5, 5.41) is 1.45. The summed E-state index contributed by atoms with van der Waals surface area (Å²) < 4.78 is 37.3. The lowest BCUT2D eigenvalue weighted by molar-refractivity contribution is -0.137. The number of nitrogens with zero attached hydrogens (tertiary/aromatic N) is 3. The number of sulfonamides is 1. The van der Waals surface area contributed by atoms with Gasteiger partial charge in [-0.15, -0.1) is 11.3 Å². The van der Waals surface area contributed by atoms with Crippen molar-refractivity contribution >= 4 is 39.3 Å². The second-order valence-corrected chi connectivity index (χ2v) is 11.8. The molecule has 2 aliphatic heterocycles. The molecule has 3 heterocycles. The van der Waals surface area contributed by atoms with Crippen LogP contribution < -0.4 is 0 Å². The van der Waals surface area contributed by atoms with Crippen molar-refractivity contribution in [2.24, 2.45) is 0 Å². The predicted molar refractivity (Wildman–Crippen MR) is 117 cm³/mol. The van der Waals surface area contributed by atoms with Crippen molar-refractivity contribution in [2.45, 2.75) is 49.5 Å². The highest BCUT2D eigenvalue weighted by Crippen LogP contribution is 2.27. The Morgan fingerprint density at radius 2 is 1.75 bits per heavy atom. The van der Waals surface area contributed by atoms with Crippen LogP contribution in [0, 0.1) is 0 Å². The van der Waals surface area contributed by atoms with Gasteiger partial charge >= 0.3 is 12.1 Å². The van der Waals surface area contributed by atoms with Gasteiger partial charge in [-0.25, -0.2) is 18.0 Å². The fraction of sp³-hybridized carbons (Fsp3) is 0.650. The van der Waals surface area contributed by atoms with Crippen LogP contribution in [0.15, 0.2) is 15.7 Å². The summed E-state index contributed by atoms with van der Waals surface area (Å²) in [6, 6.07) is 0.716. The molecule has 0 bridgehead atoms. The van der Waals surface area contributed by atoms with Crippen molar-refractivity contribution in [3.05, 3.63) is 17.0 Å². The Hall–Kier alpha value is -2.18. The van der Waals surface area contributed by atoms with Crippen LogP contribution in [0.25, 0.3) is 0 Å². The van der Waals surface area contributed by atoms with E-state index in [1.54, 1.807) is 25.7 Å². The number of likely N-dealkylation sites (tertiary alicyclic amines) is 1. The van der Waals surface area contributed by atoms with Gasteiger partial charge < -0.3 is 14.4 Å². The van der Waals surface area contributed by atoms with Crippen LogP contribution in [0.1, 0.15) is 44.0 Å². The van der Waals surface area contributed by atoms with Crippen LogP contribution in [0.5, 0.6) is 0 Å². The maximum atomic E-state index is 13.1. The average Bonchev–Trinajstić information content (AvgIpc) is 3.41. The second-order valence-electron chi connectivity index (χ2n) is 8.71. The number of esters is 1. The lowest BCUT2D eigenvalue weighted by Gasteiger charge is -2.36. The molecule has 0 aliphatic carbocycles. The van der Waals surface area contributed by atoms with Crippen LogP contribution in [0.4, 0.5) is 4.79 Å². The van der Waals surface area contributed by atoms with Crippen LogP contribution in [0.3, 0.4) is 0 Å². The minimum atomic E-state index is -3.77. The number of hydrogen-bond donors (Lipinski definition) is 0. The molecule has 1 aromatic rings. The molecule has 0 unspecified atom stereocenters. The number of ether oxygens (including phenoxy) is 2. The third-order valence-corrected chi connectivity index (χ3v) is 8.62. The molecule has 0 radical (unpaired) electrons. The van der Waals surface area contributed by atoms with Gasteiger partial charge in [0.15, 0.2) is 0 Å². The molecule has 2 amide bonds. The Morgan fingerprint density at radius 1 is 1.09 bits per heavy atom. The van der Waals surface area contributed by atoms with Gasteiger partial charge in [0.25, 0.3) is 10.0 Å². The van der Waals surface area contributed by atoms with Gasteiger partial charge in [-0.3, -0.25) is 9.69 Å². The normalized spacial score (nSPS) is 20.3. The lowest BCUT2D eigenvalue weighted by Crippen LogP contribution is -2.55. The molecule has 0 spiro atoms. The first-order chi connectivity index (χ1) is 14.9. The molecule has 12 heteroatoms. The second kappa shape index (κ2) is 9.36. The maximum absolute atomic E-state index is 13.1. The molecule has 10 nitrogen and oxygen atoms in total. The zero-order valence-electron chi connectivity index (χ0n) is 18.7. The summed E-state index contributed by atoms with van der Waals surface area (Å²) >= 11 is 0.960. The Balaban J connectivity index is 1.62. The van der Waals surface area contributed by atoms with Gasteiger partial charge in [-0.05, 0) is 39.7 Å². The van der Waals surface area contributed by atoms with E-state index in [9.17, 15) is 22.8 Å². The summed E-state index contributed by atoms with van der Waals surface area (Å²) in [6.45, 7) is 6.52. The Labute approximate surface area is 192 Å². The van der Waals surface area contributed by atoms with Gasteiger partial charge in [0.2, 0.25) is 5.91 Å². The average molecular weight is 488 g/mol. The highest BCUT2D eigenvalue weighted by Gasteiger charge is 2.40. The number of thiophene rings is 1. The van der Waals surface area contributed by atoms with E-state index in [1.807, 2.05) is 0 Å². The van der Waals surface area contributed by atoms with E-state index in [0.717, 1.165) is 11.3 Å². The number of carbonyl (C=O) groups is 3. The van der Waals surface area contributed by atoms with E-state index in [4.69, 9.17) is 4.74 Å². The summed E-state index contributed by atoms with van der Waals surface area (Å²) in [6.07, 6.45) is 0.765. The Bertz CT molecular complexity index is 976. The topological polar surface area (TPSA) is 114 Å². The standard InChI is InChI=1S/C20H29N3O7S2/c1-20(2,3)30-19(26)23-7-5-6-15(23)17(24)21-8-10-22(11-9-21)32(27,28)16-12-14(13-31-16)18(25)29-4/h12-13,15H,5-11H2,1-4H3/t15-/m0/s1. The maximum Gasteiger partial charge on any atom is 0.410 e. The summed E-state index contributed by atoms with van der Waals surface area (Å²) in [5.74, 6) is -0.779. The smallest absolute Gasteiger partial charge is 0.410 e. The molecule has 1 atom stereocenters. The van der Waals surface area contributed by atoms with Gasteiger partial charge in [0, 0.05) is 38.1 Å². The fourth-order valence-electron chi connectivity index (χ4n) is 3.73. The number of piperazine rings is 1. The monoisotopic (exact) mass is 487 g/mol. The van der Waals surface area contributed by atoms with Gasteiger partial charge in [0.05, 0.1) is 12.7 Å². The minimum Gasteiger partial charge on any atom is -0.465 e. The molecule has 2 aliphatic rings. The quantitative estimate of drug-likeness (QED) is 0.595. The summed E-state index contributed by atoms with van der Waals surface area (Å²) in [7, 11) is -2.54. The SMILES string of the molecule is COC(=O)c1csc(S(=O)(=O)N2CCN(C(=O)[C@@H]3CCCN3C(=O)OC(C)(C)C)CC2)c1. The van der Waals surface area contributed by atoms with Crippen molar-refractivity contribution in [2.75, 3.05) is 39.8 Å². The third kappa shape index (κ3) is 5.24. The van der Waals surface area contributed by atoms with Crippen molar-refractivity contribution in [1.29, 1.82) is 0 Å². The van der Waals surface area contributed by atoms with Crippen molar-refractivity contribution in [1.82, 2.24) is 14.1 Å². The van der Waals surface area contributed by atoms with Gasteiger partial charge in [0.1, 0.15) is 15.9 Å². The molecule has 0 aromatic carbocycles. The van der Waals surface area contributed by atoms with E-state index in [-0.39, 0.29) is 41.9 Å². The van der Waals surface area contributed by atoms with E-state index in [2.05, 4.69) is 4.74 Å². The highest BCUT2D eigenvalue weighted by atomic mass is 32.2. The zero-order chi connectivity index (χ0) is 23.7. The van der Waals surface area contributed by atoms with Crippen LogP contribution in [-0.2, 0) is 24.3 Å². The molecule has 178 valence electrons. The molecule has 2 saturated heterocycles. The molecule has 3 rings (SSSR count). The lowest BCUT2D eigenvalue weighted by atomic mass is 10.1. The number of hydrogen-bond acceptors (Lipinski definition) is 8. The van der Waals surface area contributed by atoms with E-state index < -0.39 is 33.7 Å². The molecular weight excluding hydrogens is 458 g/mol. The minimum absolute atomic E-state index is 0.0598. The number of rotatable bonds is 4. The largest absolute Gasteiger partial charge is 0.465 e. The number of methoxy groups -OCH3 is 1. The van der Waals surface area contributed by atoms with Crippen molar-refractivity contribution < 1.29 is 32.3 Å². The van der Waals surface area contributed by atoms with Gasteiger partial charge in [-0.1, -0.05) is 0 Å². The van der Waals surface area contributed by atoms with Gasteiger partial charge in [-0.2, -0.15) is 4.31 Å². The van der Waals surface area contributed by atoms with Crippen LogP contribution in [-0.4, -0.2) is 92.0 Å². The number of carbonyl (C=O) groups excluding carboxylic acids is 3. The molecular formula is C20H29N3O7S2. The zero-order valence-corrected chi connectivity index (χ0v) is 20.3. The molecule has 0 saturated carbocycles. The van der Waals surface area contributed by atoms with Crippen LogP contribution >= 0.6 is 11.3 Å². The third-order valence-electron chi connectivity index (χ3n) is 5.31. The van der Waals surface area contributed by atoms with E-state index in [1.165, 1.54) is 27.8 Å². The molecule has 0 N–H and O–H groups in total. The summed E-state index contributed by atoms with van der Waals surface area (Å²) in [4.78, 5) is 40.3. The fourth-order valence-corrected chi connectivity index (χ4v) is 6.45. The van der Waals surface area contributed by atoms with Crippen molar-refractivity contribution in [3.8, 4) is 0 Å². The Morgan fingerprint density at radius 3 is 2.34 bits per heavy atom. The first-order valence-corrected chi connectivity index (χ1v) is 12.7. The molecule has 1 aromatic heterocycles. The Kier molecular flexibility index (Phi) is 7.15. The highest BCUT2D eigenvalue weighted by molar-refractivity contribution is 7.91. The first-order valence-electron chi connectivity index (χ1n) is 10.4. The first kappa shape index (κ1) is 24.5. The van der Waals surface area contributed by atoms with E-state index in [0.29, 0.717) is 19.4 Å². The predicted octanol–water partition coefficient (Wildman–Crippen LogP) is 1.77. The number of amides is 2. The van der Waals surface area contributed by atoms with E-state index >= 15 is 0 Å². The molecule has 2 fully saturated rings. The van der Waals surface area contributed by atoms with Crippen molar-refractivity contribution in [3.63, 3.8) is 0 Å². The molecule has 32 heavy (non-hydrogen) atoms. The van der Waals surface area contributed by atoms with Crippen LogP contribution in [0.2, 0.25) is 0 Å². The summed E-state index contributed by atoms with van der Waals surface area (Å²) in [5.41, 5.74) is -0.462.